The van der Waals surface area contributed by atoms with Gasteiger partial charge in [-0.2, -0.15) is 9.49 Å². The van der Waals surface area contributed by atoms with Crippen molar-refractivity contribution in [3.8, 4) is 0 Å². The molecule has 0 aromatic carbocycles. The van der Waals surface area contributed by atoms with E-state index in [4.69, 9.17) is 0 Å². The lowest BCUT2D eigenvalue weighted by Gasteiger charge is -1.87. The molecule has 2 heterocycles. The Balaban J connectivity index is 2.86. The van der Waals surface area contributed by atoms with Gasteiger partial charge in [-0.15, -0.1) is 0 Å². The predicted molar refractivity (Wildman–Crippen MR) is 30.7 cm³/mol. The summed E-state index contributed by atoms with van der Waals surface area (Å²) < 4.78 is 13.7. The van der Waals surface area contributed by atoms with E-state index in [-0.39, 0.29) is 0 Å². The molecule has 0 N–H and O–H groups in total. The van der Waals surface area contributed by atoms with Crippen molar-refractivity contribution in [2.24, 2.45) is 0 Å². The van der Waals surface area contributed by atoms with Gasteiger partial charge in [0.05, 0.1) is 0 Å². The van der Waals surface area contributed by atoms with Crippen molar-refractivity contribution >= 4 is 5.65 Å². The van der Waals surface area contributed by atoms with Gasteiger partial charge in [-0.3, -0.25) is 0 Å². The lowest BCUT2D eigenvalue weighted by Crippen LogP contribution is -1.90. The number of hydrogen-bond donors (Lipinski definition) is 0. The molecule has 0 saturated carbocycles. The van der Waals surface area contributed by atoms with Crippen molar-refractivity contribution < 1.29 is 4.39 Å². The lowest BCUT2D eigenvalue weighted by molar-refractivity contribution is 0.577. The number of fused-ring (bicyclic) bond motifs is 1. The predicted octanol–water partition coefficient (Wildman–Crippen LogP) is 0.263. The molecule has 2 aromatic heterocycles. The summed E-state index contributed by atoms with van der Waals surface area (Å²) in [7, 11) is 0. The third kappa shape index (κ3) is 0.637. The highest BCUT2D eigenvalue weighted by Crippen LogP contribution is 1.96. The fourth-order valence-electron chi connectivity index (χ4n) is 0.705. The number of hydrogen-bond acceptors (Lipinski definition) is 3. The molecule has 0 fully saturated rings. The van der Waals surface area contributed by atoms with Crippen LogP contribution >= 0.6 is 0 Å². The van der Waals surface area contributed by atoms with Gasteiger partial charge < -0.3 is 0 Å². The molecule has 0 bridgehead atoms. The number of nitrogens with zero attached hydrogens (tertiary/aromatic N) is 4. The zero-order chi connectivity index (χ0) is 6.97. The number of aromatic nitrogens is 4. The molecular formula is C5H3FN4. The second-order valence-electron chi connectivity index (χ2n) is 1.77. The third-order valence-corrected chi connectivity index (χ3v) is 1.14. The summed E-state index contributed by atoms with van der Waals surface area (Å²) >= 11 is 0. The van der Waals surface area contributed by atoms with Gasteiger partial charge in [0.2, 0.25) is 5.95 Å². The van der Waals surface area contributed by atoms with Crippen molar-refractivity contribution in [2.45, 2.75) is 0 Å². The first-order chi connectivity index (χ1) is 4.86. The Kier molecular flexibility index (Phi) is 0.913. The average Bonchev–Trinajstić information content (AvgIpc) is 2.33. The van der Waals surface area contributed by atoms with E-state index in [0.717, 1.165) is 0 Å². The Morgan fingerprint density at radius 1 is 1.40 bits per heavy atom. The van der Waals surface area contributed by atoms with Crippen LogP contribution in [0.1, 0.15) is 0 Å². The molecule has 0 radical (unpaired) electrons. The standard InChI is InChI=1S/C5H3FN4/c6-4-1-5-7-2-9-10(5)3-8-4/h1-3H. The summed E-state index contributed by atoms with van der Waals surface area (Å²) in [4.78, 5) is 7.12. The maximum atomic E-state index is 12.3. The molecule has 2 aromatic rings. The topological polar surface area (TPSA) is 43.1 Å². The second kappa shape index (κ2) is 1.73. The van der Waals surface area contributed by atoms with E-state index in [0.29, 0.717) is 5.65 Å². The van der Waals surface area contributed by atoms with Gasteiger partial charge in [-0.1, -0.05) is 0 Å². The molecule has 0 aliphatic heterocycles. The van der Waals surface area contributed by atoms with Gasteiger partial charge in [0, 0.05) is 6.07 Å². The Hall–Kier alpha value is -1.52. The molecule has 0 saturated heterocycles. The smallest absolute Gasteiger partial charge is 0.215 e. The van der Waals surface area contributed by atoms with E-state index in [2.05, 4.69) is 15.1 Å². The van der Waals surface area contributed by atoms with Crippen LogP contribution in [-0.2, 0) is 0 Å². The van der Waals surface area contributed by atoms with Gasteiger partial charge in [0.25, 0.3) is 0 Å². The SMILES string of the molecule is Fc1cc2ncnn2cn1. The zero-order valence-corrected chi connectivity index (χ0v) is 4.90. The van der Waals surface area contributed by atoms with Crippen molar-refractivity contribution in [3.05, 3.63) is 24.7 Å². The number of halogens is 1. The Labute approximate surface area is 55.3 Å². The van der Waals surface area contributed by atoms with Gasteiger partial charge in [0.1, 0.15) is 12.7 Å². The van der Waals surface area contributed by atoms with Gasteiger partial charge in [-0.25, -0.2) is 14.5 Å². The molecule has 0 unspecified atom stereocenters. The Morgan fingerprint density at radius 2 is 2.30 bits per heavy atom. The van der Waals surface area contributed by atoms with E-state index in [1.807, 2.05) is 0 Å². The van der Waals surface area contributed by atoms with Gasteiger partial charge in [0.15, 0.2) is 5.65 Å². The summed E-state index contributed by atoms with van der Waals surface area (Å²) in [5, 5.41) is 3.74. The first kappa shape index (κ1) is 5.28. The quantitative estimate of drug-likeness (QED) is 0.490. The fraction of sp³-hybridized carbons (Fsp3) is 0. The molecule has 2 rings (SSSR count). The van der Waals surface area contributed by atoms with Crippen LogP contribution in [0.15, 0.2) is 18.7 Å². The maximum absolute atomic E-state index is 12.3. The summed E-state index contributed by atoms with van der Waals surface area (Å²) in [6.45, 7) is 0. The summed E-state index contributed by atoms with van der Waals surface area (Å²) in [6.07, 6.45) is 2.62. The van der Waals surface area contributed by atoms with E-state index in [9.17, 15) is 4.39 Å². The van der Waals surface area contributed by atoms with Crippen LogP contribution in [0, 0.1) is 5.95 Å². The normalized spacial score (nSPS) is 10.5. The highest BCUT2D eigenvalue weighted by Gasteiger charge is 1.95. The van der Waals surface area contributed by atoms with E-state index >= 15 is 0 Å². The van der Waals surface area contributed by atoms with Crippen LogP contribution in [0.5, 0.6) is 0 Å². The van der Waals surface area contributed by atoms with Crippen LogP contribution < -0.4 is 0 Å². The van der Waals surface area contributed by atoms with Crippen LogP contribution in [0.2, 0.25) is 0 Å². The molecule has 5 heteroatoms. The molecule has 4 nitrogen and oxygen atoms in total. The van der Waals surface area contributed by atoms with Gasteiger partial charge in [-0.05, 0) is 0 Å². The first-order valence-corrected chi connectivity index (χ1v) is 2.67. The van der Waals surface area contributed by atoms with E-state index in [1.54, 1.807) is 0 Å². The lowest BCUT2D eigenvalue weighted by atomic mass is 10.6. The van der Waals surface area contributed by atoms with Gasteiger partial charge >= 0.3 is 0 Å². The molecule has 0 aliphatic carbocycles. The van der Waals surface area contributed by atoms with Crippen molar-refractivity contribution in [3.63, 3.8) is 0 Å². The van der Waals surface area contributed by atoms with E-state index in [1.165, 1.54) is 23.2 Å². The summed E-state index contributed by atoms with van der Waals surface area (Å²) in [5.41, 5.74) is 0.465. The average molecular weight is 138 g/mol. The molecule has 0 aliphatic rings. The summed E-state index contributed by atoms with van der Waals surface area (Å²) in [6, 6.07) is 1.22. The highest BCUT2D eigenvalue weighted by atomic mass is 19.1. The zero-order valence-electron chi connectivity index (χ0n) is 4.90. The molecular weight excluding hydrogens is 135 g/mol. The minimum atomic E-state index is -0.541. The van der Waals surface area contributed by atoms with Crippen LogP contribution in [0.25, 0.3) is 5.65 Å². The monoisotopic (exact) mass is 138 g/mol. The van der Waals surface area contributed by atoms with E-state index < -0.39 is 5.95 Å². The fourth-order valence-corrected chi connectivity index (χ4v) is 0.705. The molecule has 50 valence electrons. The van der Waals surface area contributed by atoms with Crippen LogP contribution in [0.4, 0.5) is 4.39 Å². The number of rotatable bonds is 0. The molecule has 0 spiro atoms. The van der Waals surface area contributed by atoms with Crippen molar-refractivity contribution in [1.82, 2.24) is 19.6 Å². The molecule has 10 heavy (non-hydrogen) atoms. The largest absolute Gasteiger partial charge is 0.218 e. The maximum Gasteiger partial charge on any atom is 0.218 e. The van der Waals surface area contributed by atoms with Crippen molar-refractivity contribution in [2.75, 3.05) is 0 Å². The Morgan fingerprint density at radius 3 is 3.20 bits per heavy atom. The van der Waals surface area contributed by atoms with Crippen molar-refractivity contribution in [1.29, 1.82) is 0 Å². The van der Waals surface area contributed by atoms with Crippen LogP contribution in [0.3, 0.4) is 0 Å². The summed E-state index contributed by atoms with van der Waals surface area (Å²) in [5.74, 6) is -0.541. The minimum Gasteiger partial charge on any atom is -0.215 e. The Bertz CT molecular complexity index is 355. The second-order valence-corrected chi connectivity index (χ2v) is 1.77. The van der Waals surface area contributed by atoms with Crippen LogP contribution in [-0.4, -0.2) is 19.6 Å². The first-order valence-electron chi connectivity index (χ1n) is 2.67. The molecule has 0 amide bonds. The highest BCUT2D eigenvalue weighted by molar-refractivity contribution is 5.33. The third-order valence-electron chi connectivity index (χ3n) is 1.14. The minimum absolute atomic E-state index is 0.465. The molecule has 0 atom stereocenters.